The summed E-state index contributed by atoms with van der Waals surface area (Å²) in [6, 6.07) is 8.15. The lowest BCUT2D eigenvalue weighted by molar-refractivity contribution is 1.12. The molecule has 0 unspecified atom stereocenters. The Balaban J connectivity index is 2.19. The molecule has 3 aromatic rings. The minimum atomic E-state index is 0.751. The van der Waals surface area contributed by atoms with Gasteiger partial charge in [0.05, 0.1) is 21.7 Å². The number of halogens is 1. The molecule has 0 amide bonds. The molecule has 2 aromatic heterocycles. The minimum Gasteiger partial charge on any atom is -0.380 e. The topological polar surface area (TPSA) is 40.7 Å². The molecule has 5 heteroatoms. The zero-order valence-electron chi connectivity index (χ0n) is 9.12. The first-order valence-corrected chi connectivity index (χ1v) is 6.38. The maximum Gasteiger partial charge on any atom is 0.0886 e. The molecule has 0 radical (unpaired) electrons. The Morgan fingerprint density at radius 2 is 2.18 bits per heavy atom. The number of hydrogen-bond acceptors (Lipinski definition) is 3. The number of H-pyrrole nitrogens is 1. The Morgan fingerprint density at radius 1 is 1.29 bits per heavy atom. The number of nitrogens with one attached hydrogen (secondary N) is 2. The van der Waals surface area contributed by atoms with Crippen LogP contribution in [-0.4, -0.2) is 17.2 Å². The third kappa shape index (κ3) is 1.69. The van der Waals surface area contributed by atoms with Crippen LogP contribution < -0.4 is 5.32 Å². The Labute approximate surface area is 107 Å². The first-order valence-electron chi connectivity index (χ1n) is 5.19. The van der Waals surface area contributed by atoms with Crippen molar-refractivity contribution in [2.45, 2.75) is 0 Å². The molecule has 1 aromatic carbocycles. The van der Waals surface area contributed by atoms with Crippen LogP contribution in [0.5, 0.6) is 0 Å². The van der Waals surface area contributed by atoms with Crippen molar-refractivity contribution in [1.29, 1.82) is 0 Å². The van der Waals surface area contributed by atoms with Gasteiger partial charge in [0.1, 0.15) is 0 Å². The van der Waals surface area contributed by atoms with Gasteiger partial charge < -0.3 is 5.32 Å². The SMILES string of the molecule is CNc1ccc(-c2ccc3[nH]ncc3c2Cl)s1. The molecule has 2 heterocycles. The van der Waals surface area contributed by atoms with E-state index in [1.54, 1.807) is 17.5 Å². The lowest BCUT2D eigenvalue weighted by Gasteiger charge is -2.02. The van der Waals surface area contributed by atoms with E-state index in [0.29, 0.717) is 0 Å². The largest absolute Gasteiger partial charge is 0.380 e. The van der Waals surface area contributed by atoms with Crippen LogP contribution in [0.3, 0.4) is 0 Å². The van der Waals surface area contributed by atoms with Gasteiger partial charge in [-0.05, 0) is 24.3 Å². The van der Waals surface area contributed by atoms with E-state index in [4.69, 9.17) is 11.6 Å². The molecule has 0 bridgehead atoms. The summed E-state index contributed by atoms with van der Waals surface area (Å²) >= 11 is 8.08. The van der Waals surface area contributed by atoms with E-state index < -0.39 is 0 Å². The lowest BCUT2D eigenvalue weighted by Crippen LogP contribution is -1.80. The van der Waals surface area contributed by atoms with Gasteiger partial charge in [0.2, 0.25) is 0 Å². The van der Waals surface area contributed by atoms with Crippen LogP contribution in [0.25, 0.3) is 21.3 Å². The molecule has 0 fully saturated rings. The number of anilines is 1. The molecule has 3 nitrogen and oxygen atoms in total. The number of aromatic amines is 1. The van der Waals surface area contributed by atoms with Gasteiger partial charge in [-0.3, -0.25) is 5.10 Å². The fourth-order valence-electron chi connectivity index (χ4n) is 1.79. The van der Waals surface area contributed by atoms with Crippen molar-refractivity contribution < 1.29 is 0 Å². The van der Waals surface area contributed by atoms with Crippen LogP contribution in [0.15, 0.2) is 30.5 Å². The molecular formula is C12H10ClN3S. The maximum atomic E-state index is 6.40. The molecule has 0 aliphatic heterocycles. The van der Waals surface area contributed by atoms with Crippen LogP contribution in [0, 0.1) is 0 Å². The summed E-state index contributed by atoms with van der Waals surface area (Å²) in [5.74, 6) is 0. The second kappa shape index (κ2) is 4.05. The summed E-state index contributed by atoms with van der Waals surface area (Å²) in [5.41, 5.74) is 2.01. The van der Waals surface area contributed by atoms with E-state index >= 15 is 0 Å². The van der Waals surface area contributed by atoms with Crippen molar-refractivity contribution in [3.63, 3.8) is 0 Å². The van der Waals surface area contributed by atoms with Crippen molar-refractivity contribution in [3.8, 4) is 10.4 Å². The number of benzene rings is 1. The van der Waals surface area contributed by atoms with Crippen molar-refractivity contribution in [2.24, 2.45) is 0 Å². The van der Waals surface area contributed by atoms with E-state index in [-0.39, 0.29) is 0 Å². The molecule has 0 saturated carbocycles. The molecule has 2 N–H and O–H groups in total. The highest BCUT2D eigenvalue weighted by molar-refractivity contribution is 7.19. The highest BCUT2D eigenvalue weighted by Crippen LogP contribution is 2.38. The van der Waals surface area contributed by atoms with E-state index in [0.717, 1.165) is 31.4 Å². The third-order valence-corrected chi connectivity index (χ3v) is 4.22. The number of thiophene rings is 1. The maximum absolute atomic E-state index is 6.40. The summed E-state index contributed by atoms with van der Waals surface area (Å²) < 4.78 is 0. The molecule has 0 spiro atoms. The van der Waals surface area contributed by atoms with E-state index in [9.17, 15) is 0 Å². The van der Waals surface area contributed by atoms with Gasteiger partial charge in [0.15, 0.2) is 0 Å². The highest BCUT2D eigenvalue weighted by atomic mass is 35.5. The normalized spacial score (nSPS) is 10.9. The van der Waals surface area contributed by atoms with Crippen LogP contribution in [0.2, 0.25) is 5.02 Å². The second-order valence-electron chi connectivity index (χ2n) is 3.67. The average Bonchev–Trinajstić information content (AvgIpc) is 2.97. The fourth-order valence-corrected chi connectivity index (χ4v) is 3.05. The van der Waals surface area contributed by atoms with Gasteiger partial charge in [0, 0.05) is 22.9 Å². The molecule has 0 saturated heterocycles. The molecule has 0 atom stereocenters. The second-order valence-corrected chi connectivity index (χ2v) is 5.13. The Hall–Kier alpha value is -1.52. The predicted molar refractivity (Wildman–Crippen MR) is 74.0 cm³/mol. The van der Waals surface area contributed by atoms with Gasteiger partial charge in [0.25, 0.3) is 0 Å². The summed E-state index contributed by atoms with van der Waals surface area (Å²) in [6.07, 6.45) is 1.76. The Kier molecular flexibility index (Phi) is 2.53. The first-order chi connectivity index (χ1) is 8.29. The van der Waals surface area contributed by atoms with E-state index in [1.807, 2.05) is 19.2 Å². The molecule has 86 valence electrons. The van der Waals surface area contributed by atoms with Crippen LogP contribution in [0.4, 0.5) is 5.00 Å². The molecule has 0 aliphatic carbocycles. The fraction of sp³-hybridized carbons (Fsp3) is 0.0833. The first kappa shape index (κ1) is 10.6. The predicted octanol–water partition coefficient (Wildman–Crippen LogP) is 3.99. The molecular weight excluding hydrogens is 254 g/mol. The zero-order chi connectivity index (χ0) is 11.8. The van der Waals surface area contributed by atoms with Crippen molar-refractivity contribution in [2.75, 3.05) is 12.4 Å². The van der Waals surface area contributed by atoms with Crippen molar-refractivity contribution in [1.82, 2.24) is 10.2 Å². The van der Waals surface area contributed by atoms with Crippen molar-refractivity contribution in [3.05, 3.63) is 35.5 Å². The number of nitrogens with zero attached hydrogens (tertiary/aromatic N) is 1. The minimum absolute atomic E-state index is 0.751. The summed E-state index contributed by atoms with van der Waals surface area (Å²) in [6.45, 7) is 0. The van der Waals surface area contributed by atoms with Crippen molar-refractivity contribution >= 4 is 38.8 Å². The van der Waals surface area contributed by atoms with Gasteiger partial charge >= 0.3 is 0 Å². The number of fused-ring (bicyclic) bond motifs is 1. The highest BCUT2D eigenvalue weighted by Gasteiger charge is 2.10. The number of rotatable bonds is 2. The van der Waals surface area contributed by atoms with Crippen LogP contribution >= 0.6 is 22.9 Å². The number of aromatic nitrogens is 2. The van der Waals surface area contributed by atoms with E-state index in [1.165, 1.54) is 0 Å². The Morgan fingerprint density at radius 3 is 2.94 bits per heavy atom. The quantitative estimate of drug-likeness (QED) is 0.734. The monoisotopic (exact) mass is 263 g/mol. The lowest BCUT2D eigenvalue weighted by atomic mass is 10.1. The molecule has 3 rings (SSSR count). The third-order valence-electron chi connectivity index (χ3n) is 2.68. The van der Waals surface area contributed by atoms with Gasteiger partial charge in [-0.2, -0.15) is 5.10 Å². The average molecular weight is 264 g/mol. The zero-order valence-corrected chi connectivity index (χ0v) is 10.7. The summed E-state index contributed by atoms with van der Waals surface area (Å²) in [4.78, 5) is 1.16. The van der Waals surface area contributed by atoms with Crippen LogP contribution in [-0.2, 0) is 0 Å². The Bertz CT molecular complexity index is 671. The summed E-state index contributed by atoms with van der Waals surface area (Å²) in [7, 11) is 1.91. The van der Waals surface area contributed by atoms with Gasteiger partial charge in [-0.15, -0.1) is 11.3 Å². The smallest absolute Gasteiger partial charge is 0.0886 e. The number of hydrogen-bond donors (Lipinski definition) is 2. The standard InChI is InChI=1S/C12H10ClN3S/c1-14-11-5-4-10(17-11)7-2-3-9-8(12(7)13)6-15-16-9/h2-6,14H,1H3,(H,15,16). The van der Waals surface area contributed by atoms with Crippen LogP contribution in [0.1, 0.15) is 0 Å². The summed E-state index contributed by atoms with van der Waals surface area (Å²) in [5, 5.41) is 12.9. The molecule has 0 aliphatic rings. The van der Waals surface area contributed by atoms with E-state index in [2.05, 4.69) is 27.6 Å². The van der Waals surface area contributed by atoms with Gasteiger partial charge in [-0.25, -0.2) is 0 Å². The van der Waals surface area contributed by atoms with Gasteiger partial charge in [-0.1, -0.05) is 11.6 Å². The molecule has 17 heavy (non-hydrogen) atoms.